The van der Waals surface area contributed by atoms with Crippen molar-refractivity contribution < 1.29 is 9.53 Å². The van der Waals surface area contributed by atoms with Gasteiger partial charge in [0.15, 0.2) is 5.00 Å². The second kappa shape index (κ2) is 7.58. The fourth-order valence-corrected chi connectivity index (χ4v) is 2.88. The van der Waals surface area contributed by atoms with Crippen LogP contribution in [-0.4, -0.2) is 21.0 Å². The Bertz CT molecular complexity index is 995. The highest BCUT2D eigenvalue weighted by atomic mass is 32.1. The lowest BCUT2D eigenvalue weighted by Crippen LogP contribution is -2.17. The Kier molecular flexibility index (Phi) is 5.05. The van der Waals surface area contributed by atoms with Crippen LogP contribution in [0.3, 0.4) is 0 Å². The Hall–Kier alpha value is -3.51. The summed E-state index contributed by atoms with van der Waals surface area (Å²) in [7, 11) is 0. The van der Waals surface area contributed by atoms with Crippen LogP contribution in [0.5, 0.6) is 5.88 Å². The van der Waals surface area contributed by atoms with E-state index in [0.717, 1.165) is 10.7 Å². The summed E-state index contributed by atoms with van der Waals surface area (Å²) in [6.07, 6.45) is 2.46. The van der Waals surface area contributed by atoms with E-state index in [-0.39, 0.29) is 11.6 Å². The van der Waals surface area contributed by atoms with Gasteiger partial charge in [0.25, 0.3) is 5.88 Å². The molecule has 0 aliphatic heterocycles. The molecule has 0 bridgehead atoms. The topological polar surface area (TPSA) is 113 Å². The number of rotatable bonds is 4. The maximum absolute atomic E-state index is 12.1. The number of thiazole rings is 1. The lowest BCUT2D eigenvalue weighted by atomic mass is 10.3. The Morgan fingerprint density at radius 1 is 1.19 bits per heavy atom. The van der Waals surface area contributed by atoms with Crippen LogP contribution in [0.25, 0.3) is 0 Å². The number of nitriles is 1. The number of ether oxygens (including phenoxy) is 1. The number of carbonyl (C=O) groups is 1. The summed E-state index contributed by atoms with van der Waals surface area (Å²) in [4.78, 5) is 24.4. The molecule has 0 fully saturated rings. The molecule has 130 valence electrons. The van der Waals surface area contributed by atoms with Crippen LogP contribution in [0.1, 0.15) is 16.4 Å². The number of aryl methyl sites for hydroxylation is 2. The van der Waals surface area contributed by atoms with Crippen LogP contribution in [0.4, 0.5) is 21.2 Å². The highest BCUT2D eigenvalue weighted by Crippen LogP contribution is 2.33. The zero-order valence-corrected chi connectivity index (χ0v) is 14.8. The van der Waals surface area contributed by atoms with Crippen molar-refractivity contribution in [2.45, 2.75) is 13.8 Å². The first-order valence-electron chi connectivity index (χ1n) is 7.55. The Balaban J connectivity index is 1.74. The quantitative estimate of drug-likeness (QED) is 0.722. The lowest BCUT2D eigenvalue weighted by Gasteiger charge is -2.08. The van der Waals surface area contributed by atoms with Crippen LogP contribution in [0.2, 0.25) is 0 Å². The first kappa shape index (κ1) is 17.3. The zero-order chi connectivity index (χ0) is 18.5. The SMILES string of the molecule is Cc1cc(NC(=O)Oc2nc(C)sc2Nc2ccnc(C#N)c2)ccn1. The van der Waals surface area contributed by atoms with E-state index in [1.165, 1.54) is 17.5 Å². The second-order valence-corrected chi connectivity index (χ2v) is 6.44. The van der Waals surface area contributed by atoms with Gasteiger partial charge in [-0.1, -0.05) is 11.3 Å². The molecule has 3 heterocycles. The van der Waals surface area contributed by atoms with Gasteiger partial charge in [0, 0.05) is 29.5 Å². The molecule has 0 aliphatic rings. The van der Waals surface area contributed by atoms with Crippen molar-refractivity contribution in [3.05, 3.63) is 53.1 Å². The Morgan fingerprint density at radius 2 is 1.96 bits per heavy atom. The molecule has 0 atom stereocenters. The van der Waals surface area contributed by atoms with Gasteiger partial charge in [0.05, 0.1) is 5.01 Å². The molecule has 0 saturated heterocycles. The molecular weight excluding hydrogens is 352 g/mol. The minimum Gasteiger partial charge on any atom is -0.388 e. The third kappa shape index (κ3) is 4.31. The fourth-order valence-electron chi connectivity index (χ4n) is 2.11. The lowest BCUT2D eigenvalue weighted by molar-refractivity contribution is 0.214. The molecule has 9 heteroatoms. The van der Waals surface area contributed by atoms with Gasteiger partial charge in [-0.25, -0.2) is 14.8 Å². The number of pyridine rings is 2. The van der Waals surface area contributed by atoms with Crippen LogP contribution in [0, 0.1) is 25.2 Å². The molecule has 0 unspecified atom stereocenters. The molecule has 1 amide bonds. The third-order valence-corrected chi connectivity index (χ3v) is 4.04. The number of nitrogens with zero attached hydrogens (tertiary/aromatic N) is 4. The van der Waals surface area contributed by atoms with E-state index in [4.69, 9.17) is 10.00 Å². The van der Waals surface area contributed by atoms with Crippen LogP contribution in [0.15, 0.2) is 36.7 Å². The van der Waals surface area contributed by atoms with Crippen molar-refractivity contribution >= 4 is 33.8 Å². The monoisotopic (exact) mass is 366 g/mol. The van der Waals surface area contributed by atoms with Gasteiger partial charge in [-0.05, 0) is 38.1 Å². The summed E-state index contributed by atoms with van der Waals surface area (Å²) in [6, 6.07) is 8.67. The van der Waals surface area contributed by atoms with Crippen molar-refractivity contribution in [2.24, 2.45) is 0 Å². The minimum atomic E-state index is -0.656. The zero-order valence-electron chi connectivity index (χ0n) is 14.0. The van der Waals surface area contributed by atoms with Gasteiger partial charge in [-0.3, -0.25) is 10.3 Å². The number of aromatic nitrogens is 3. The predicted octanol–water partition coefficient (Wildman–Crippen LogP) is 3.78. The van der Waals surface area contributed by atoms with Gasteiger partial charge >= 0.3 is 6.09 Å². The number of hydrogen-bond donors (Lipinski definition) is 2. The average Bonchev–Trinajstić information content (AvgIpc) is 2.93. The number of nitrogens with one attached hydrogen (secondary N) is 2. The summed E-state index contributed by atoms with van der Waals surface area (Å²) < 4.78 is 5.32. The molecule has 3 aromatic heterocycles. The molecule has 3 aromatic rings. The van der Waals surface area contributed by atoms with Crippen molar-refractivity contribution in [2.75, 3.05) is 10.6 Å². The van der Waals surface area contributed by atoms with Crippen molar-refractivity contribution in [3.63, 3.8) is 0 Å². The first-order valence-corrected chi connectivity index (χ1v) is 8.37. The van der Waals surface area contributed by atoms with E-state index in [0.29, 0.717) is 16.4 Å². The average molecular weight is 366 g/mol. The van der Waals surface area contributed by atoms with Crippen LogP contribution >= 0.6 is 11.3 Å². The normalized spacial score (nSPS) is 10.0. The molecule has 0 aliphatic carbocycles. The Labute approximate surface area is 153 Å². The number of anilines is 3. The number of amides is 1. The highest BCUT2D eigenvalue weighted by molar-refractivity contribution is 7.16. The maximum atomic E-state index is 12.1. The minimum absolute atomic E-state index is 0.158. The highest BCUT2D eigenvalue weighted by Gasteiger charge is 2.15. The molecule has 0 spiro atoms. The molecule has 26 heavy (non-hydrogen) atoms. The van der Waals surface area contributed by atoms with E-state index >= 15 is 0 Å². The summed E-state index contributed by atoms with van der Waals surface area (Å²) in [5.74, 6) is 0.158. The van der Waals surface area contributed by atoms with Crippen molar-refractivity contribution in [3.8, 4) is 11.9 Å². The van der Waals surface area contributed by atoms with Crippen molar-refractivity contribution in [1.82, 2.24) is 15.0 Å². The van der Waals surface area contributed by atoms with Crippen molar-refractivity contribution in [1.29, 1.82) is 5.26 Å². The van der Waals surface area contributed by atoms with E-state index in [1.807, 2.05) is 13.0 Å². The second-order valence-electron chi connectivity index (χ2n) is 5.23. The smallest absolute Gasteiger partial charge is 0.388 e. The molecule has 0 radical (unpaired) electrons. The molecule has 3 rings (SSSR count). The standard InChI is InChI=1S/C17H14N6O2S/c1-10-7-12(3-5-19-10)23-17(24)25-15-16(26-11(2)21-15)22-13-4-6-20-14(8-13)9-18/h3-8H,1-2H3,(H,20,22)(H,19,23,24). The maximum Gasteiger partial charge on any atom is 0.418 e. The van der Waals surface area contributed by atoms with E-state index < -0.39 is 6.09 Å². The van der Waals surface area contributed by atoms with E-state index in [1.54, 1.807) is 37.4 Å². The summed E-state index contributed by atoms with van der Waals surface area (Å²) >= 11 is 1.33. The van der Waals surface area contributed by atoms with Gasteiger partial charge in [0.2, 0.25) is 0 Å². The van der Waals surface area contributed by atoms with E-state index in [9.17, 15) is 4.79 Å². The van der Waals surface area contributed by atoms with Gasteiger partial charge < -0.3 is 10.1 Å². The molecule has 0 saturated carbocycles. The number of hydrogen-bond acceptors (Lipinski definition) is 8. The van der Waals surface area contributed by atoms with Crippen LogP contribution < -0.4 is 15.4 Å². The number of carbonyl (C=O) groups excluding carboxylic acids is 1. The first-order chi connectivity index (χ1) is 12.5. The molecule has 2 N–H and O–H groups in total. The third-order valence-electron chi connectivity index (χ3n) is 3.17. The van der Waals surface area contributed by atoms with Gasteiger partial charge in [-0.2, -0.15) is 5.26 Å². The van der Waals surface area contributed by atoms with Gasteiger partial charge in [0.1, 0.15) is 11.8 Å². The molecular formula is C17H14N6O2S. The van der Waals surface area contributed by atoms with E-state index in [2.05, 4.69) is 25.6 Å². The molecule has 0 aromatic carbocycles. The van der Waals surface area contributed by atoms with Gasteiger partial charge in [-0.15, -0.1) is 0 Å². The van der Waals surface area contributed by atoms with Crippen LogP contribution in [-0.2, 0) is 0 Å². The largest absolute Gasteiger partial charge is 0.418 e. The fraction of sp³-hybridized carbons (Fsp3) is 0.118. The Morgan fingerprint density at radius 3 is 2.73 bits per heavy atom. The summed E-state index contributed by atoms with van der Waals surface area (Å²) in [6.45, 7) is 3.63. The predicted molar refractivity (Wildman–Crippen MR) is 97.7 cm³/mol. The summed E-state index contributed by atoms with van der Waals surface area (Å²) in [5.41, 5.74) is 2.29. The summed E-state index contributed by atoms with van der Waals surface area (Å²) in [5, 5.41) is 15.9. The molecule has 8 nitrogen and oxygen atoms in total.